The molecule has 0 aliphatic rings. The van der Waals surface area contributed by atoms with Crippen LogP contribution in [0.1, 0.15) is 18.1 Å². The van der Waals surface area contributed by atoms with Crippen LogP contribution in [0.4, 0.5) is 0 Å². The fourth-order valence-corrected chi connectivity index (χ4v) is 4.01. The number of thioether (sulfide) groups is 1. The molecule has 0 bridgehead atoms. The first kappa shape index (κ1) is 22.9. The van der Waals surface area contributed by atoms with Crippen LogP contribution in [0.25, 0.3) is 0 Å². The molecule has 0 spiro atoms. The maximum atomic E-state index is 12.9. The number of hydrogen-bond donors (Lipinski definition) is 1. The van der Waals surface area contributed by atoms with Crippen LogP contribution in [0.3, 0.4) is 0 Å². The number of nitrogens with one attached hydrogen (secondary N) is 1. The Morgan fingerprint density at radius 1 is 1.07 bits per heavy atom. The molecule has 1 atom stereocenters. The van der Waals surface area contributed by atoms with Gasteiger partial charge in [0.05, 0.1) is 5.75 Å². The van der Waals surface area contributed by atoms with Crippen LogP contribution in [0.2, 0.25) is 15.1 Å². The molecule has 8 heteroatoms. The molecule has 2 aromatic carbocycles. The second-order valence-electron chi connectivity index (χ2n) is 6.17. The van der Waals surface area contributed by atoms with Gasteiger partial charge in [-0.1, -0.05) is 53.0 Å². The predicted molar refractivity (Wildman–Crippen MR) is 118 cm³/mol. The third-order valence-electron chi connectivity index (χ3n) is 4.18. The number of amides is 2. The lowest BCUT2D eigenvalue weighted by atomic mass is 10.1. The Kier molecular flexibility index (Phi) is 8.96. The fourth-order valence-electron chi connectivity index (χ4n) is 2.54. The fraction of sp³-hybridized carbons (Fsp3) is 0.300. The van der Waals surface area contributed by atoms with Crippen LogP contribution >= 0.6 is 46.6 Å². The Bertz CT molecular complexity index is 831. The summed E-state index contributed by atoms with van der Waals surface area (Å²) in [4.78, 5) is 26.5. The van der Waals surface area contributed by atoms with E-state index in [1.165, 1.54) is 16.7 Å². The highest BCUT2D eigenvalue weighted by Gasteiger charge is 2.26. The normalized spacial score (nSPS) is 11.8. The van der Waals surface area contributed by atoms with Gasteiger partial charge in [0.2, 0.25) is 11.8 Å². The van der Waals surface area contributed by atoms with E-state index in [0.29, 0.717) is 20.8 Å². The standard InChI is InChI=1S/C20H21Cl3N2O2S/c1-13(20(27)24-2)25(10-15-5-8-17(22)9-18(15)23)19(26)12-28-11-14-3-6-16(21)7-4-14/h3-9,13H,10-12H2,1-2H3,(H,24,27). The topological polar surface area (TPSA) is 49.4 Å². The summed E-state index contributed by atoms with van der Waals surface area (Å²) in [7, 11) is 1.55. The van der Waals surface area contributed by atoms with Crippen molar-refractivity contribution in [1.29, 1.82) is 0 Å². The van der Waals surface area contributed by atoms with Crippen molar-refractivity contribution in [2.24, 2.45) is 0 Å². The zero-order valence-corrected chi connectivity index (χ0v) is 18.6. The van der Waals surface area contributed by atoms with Gasteiger partial charge in [0.15, 0.2) is 0 Å². The average Bonchev–Trinajstić information content (AvgIpc) is 2.67. The van der Waals surface area contributed by atoms with Crippen LogP contribution in [0.15, 0.2) is 42.5 Å². The van der Waals surface area contributed by atoms with Crippen LogP contribution < -0.4 is 5.32 Å². The number of carbonyl (C=O) groups excluding carboxylic acids is 2. The van der Waals surface area contributed by atoms with Crippen molar-refractivity contribution in [3.63, 3.8) is 0 Å². The lowest BCUT2D eigenvalue weighted by molar-refractivity contribution is -0.138. The SMILES string of the molecule is CNC(=O)C(C)N(Cc1ccc(Cl)cc1Cl)C(=O)CSCc1ccc(Cl)cc1. The number of carbonyl (C=O) groups is 2. The summed E-state index contributed by atoms with van der Waals surface area (Å²) in [6.07, 6.45) is 0. The summed E-state index contributed by atoms with van der Waals surface area (Å²) >= 11 is 19.6. The molecular weight excluding hydrogens is 439 g/mol. The van der Waals surface area contributed by atoms with Crippen molar-refractivity contribution >= 4 is 58.4 Å². The van der Waals surface area contributed by atoms with Gasteiger partial charge in [0, 0.05) is 34.4 Å². The first-order valence-corrected chi connectivity index (χ1v) is 10.9. The summed E-state index contributed by atoms with van der Waals surface area (Å²) in [5, 5.41) is 4.25. The van der Waals surface area contributed by atoms with E-state index < -0.39 is 6.04 Å². The lowest BCUT2D eigenvalue weighted by Crippen LogP contribution is -2.47. The number of hydrogen-bond acceptors (Lipinski definition) is 3. The average molecular weight is 460 g/mol. The molecule has 1 N–H and O–H groups in total. The maximum Gasteiger partial charge on any atom is 0.242 e. The van der Waals surface area contributed by atoms with Crippen LogP contribution in [-0.2, 0) is 21.9 Å². The largest absolute Gasteiger partial charge is 0.357 e. The quantitative estimate of drug-likeness (QED) is 0.601. The Labute approximate surface area is 184 Å². The Hall–Kier alpha value is -1.40. The molecule has 0 saturated carbocycles. The minimum Gasteiger partial charge on any atom is -0.357 e. The summed E-state index contributed by atoms with van der Waals surface area (Å²) in [6.45, 7) is 1.93. The zero-order valence-electron chi connectivity index (χ0n) is 15.5. The molecule has 0 aliphatic heterocycles. The summed E-state index contributed by atoms with van der Waals surface area (Å²) < 4.78 is 0. The summed E-state index contributed by atoms with van der Waals surface area (Å²) in [5.74, 6) is 0.546. The molecule has 0 heterocycles. The third kappa shape index (κ3) is 6.59. The van der Waals surface area contributed by atoms with E-state index in [4.69, 9.17) is 34.8 Å². The van der Waals surface area contributed by atoms with E-state index in [0.717, 1.165) is 11.1 Å². The molecule has 1 unspecified atom stereocenters. The third-order valence-corrected chi connectivity index (χ3v) is 6.00. The van der Waals surface area contributed by atoms with Crippen LogP contribution in [0.5, 0.6) is 0 Å². The predicted octanol–water partition coefficient (Wildman–Crippen LogP) is 5.04. The van der Waals surface area contributed by atoms with E-state index in [-0.39, 0.29) is 24.1 Å². The Morgan fingerprint density at radius 2 is 1.71 bits per heavy atom. The number of nitrogens with zero attached hydrogens (tertiary/aromatic N) is 1. The highest BCUT2D eigenvalue weighted by Crippen LogP contribution is 2.24. The monoisotopic (exact) mass is 458 g/mol. The minimum absolute atomic E-state index is 0.138. The van der Waals surface area contributed by atoms with Crippen LogP contribution in [0, 0.1) is 0 Å². The summed E-state index contributed by atoms with van der Waals surface area (Å²) in [6, 6.07) is 12.0. The molecule has 4 nitrogen and oxygen atoms in total. The molecule has 2 amide bonds. The molecule has 0 aliphatic carbocycles. The number of rotatable bonds is 8. The van der Waals surface area contributed by atoms with Crippen molar-refractivity contribution in [3.05, 3.63) is 68.7 Å². The highest BCUT2D eigenvalue weighted by molar-refractivity contribution is 7.99. The van der Waals surface area contributed by atoms with Gasteiger partial charge in [-0.15, -0.1) is 11.8 Å². The highest BCUT2D eigenvalue weighted by atomic mass is 35.5. The van der Waals surface area contributed by atoms with E-state index in [9.17, 15) is 9.59 Å². The van der Waals surface area contributed by atoms with Crippen molar-refractivity contribution in [3.8, 4) is 0 Å². The van der Waals surface area contributed by atoms with Gasteiger partial charge >= 0.3 is 0 Å². The minimum atomic E-state index is -0.625. The van der Waals surface area contributed by atoms with Gasteiger partial charge in [-0.2, -0.15) is 0 Å². The first-order chi connectivity index (χ1) is 13.3. The van der Waals surface area contributed by atoms with Gasteiger partial charge in [0.1, 0.15) is 6.04 Å². The maximum absolute atomic E-state index is 12.9. The number of likely N-dealkylation sites (N-methyl/N-ethyl adjacent to an activating group) is 1. The van der Waals surface area contributed by atoms with E-state index >= 15 is 0 Å². The van der Waals surface area contributed by atoms with Gasteiger partial charge < -0.3 is 10.2 Å². The second kappa shape index (κ2) is 11.0. The molecular formula is C20H21Cl3N2O2S. The van der Waals surface area contributed by atoms with Gasteiger partial charge in [0.25, 0.3) is 0 Å². The van der Waals surface area contributed by atoms with Gasteiger partial charge in [-0.3, -0.25) is 9.59 Å². The molecule has 2 aromatic rings. The molecule has 150 valence electrons. The van der Waals surface area contributed by atoms with Crippen molar-refractivity contribution in [2.75, 3.05) is 12.8 Å². The Morgan fingerprint density at radius 3 is 2.32 bits per heavy atom. The van der Waals surface area contributed by atoms with Crippen LogP contribution in [-0.4, -0.2) is 35.6 Å². The number of benzene rings is 2. The molecule has 0 saturated heterocycles. The number of halogens is 3. The van der Waals surface area contributed by atoms with Gasteiger partial charge in [-0.25, -0.2) is 0 Å². The Balaban J connectivity index is 2.07. The van der Waals surface area contributed by atoms with Crippen molar-refractivity contribution in [1.82, 2.24) is 10.2 Å². The first-order valence-electron chi connectivity index (χ1n) is 8.59. The van der Waals surface area contributed by atoms with Gasteiger partial charge in [-0.05, 0) is 42.3 Å². The van der Waals surface area contributed by atoms with E-state index in [1.54, 1.807) is 32.2 Å². The van der Waals surface area contributed by atoms with E-state index in [1.807, 2.05) is 24.3 Å². The molecule has 0 radical (unpaired) electrons. The molecule has 28 heavy (non-hydrogen) atoms. The second-order valence-corrected chi connectivity index (χ2v) is 8.43. The zero-order chi connectivity index (χ0) is 20.7. The lowest BCUT2D eigenvalue weighted by Gasteiger charge is -2.28. The molecule has 0 aromatic heterocycles. The van der Waals surface area contributed by atoms with Crippen molar-refractivity contribution in [2.45, 2.75) is 25.3 Å². The smallest absolute Gasteiger partial charge is 0.242 e. The molecule has 2 rings (SSSR count). The molecule has 0 fully saturated rings. The van der Waals surface area contributed by atoms with Crippen molar-refractivity contribution < 1.29 is 9.59 Å². The summed E-state index contributed by atoms with van der Waals surface area (Å²) in [5.41, 5.74) is 1.81. The van der Waals surface area contributed by atoms with E-state index in [2.05, 4.69) is 5.32 Å².